The summed E-state index contributed by atoms with van der Waals surface area (Å²) in [4.78, 5) is 25.9. The molecule has 0 aromatic heterocycles. The number of fused-ring (bicyclic) bond motifs is 3. The van der Waals surface area contributed by atoms with E-state index in [4.69, 9.17) is 4.74 Å². The molecule has 0 radical (unpaired) electrons. The van der Waals surface area contributed by atoms with Crippen LogP contribution < -0.4 is 5.32 Å². The first-order chi connectivity index (χ1) is 12.3. The zero-order valence-corrected chi connectivity index (χ0v) is 16.2. The number of hydrogen-bond acceptors (Lipinski definition) is 3. The molecule has 2 aliphatic carbocycles. The molecule has 1 N–H and O–H groups in total. The highest BCUT2D eigenvalue weighted by Crippen LogP contribution is 2.67. The molecular weight excluding hydrogens is 326 g/mol. The minimum Gasteiger partial charge on any atom is -0.459 e. The van der Waals surface area contributed by atoms with Crippen molar-refractivity contribution in [3.8, 4) is 0 Å². The third-order valence-corrected chi connectivity index (χ3v) is 6.74. The normalized spacial score (nSPS) is 34.9. The molecule has 1 spiro atoms. The first-order valence-electron chi connectivity index (χ1n) is 9.85. The Labute approximate surface area is 155 Å². The topological polar surface area (TPSA) is 55.4 Å². The van der Waals surface area contributed by atoms with Gasteiger partial charge in [-0.15, -0.1) is 0 Å². The average molecular weight is 355 g/mol. The van der Waals surface area contributed by atoms with Gasteiger partial charge in [0, 0.05) is 12.0 Å². The zero-order valence-electron chi connectivity index (χ0n) is 16.2. The van der Waals surface area contributed by atoms with E-state index in [-0.39, 0.29) is 29.1 Å². The van der Waals surface area contributed by atoms with Crippen molar-refractivity contribution in [2.75, 3.05) is 6.54 Å². The van der Waals surface area contributed by atoms with E-state index < -0.39 is 5.60 Å². The summed E-state index contributed by atoms with van der Waals surface area (Å²) in [5.41, 5.74) is 2.84. The molecular formula is C22H29NO3. The van der Waals surface area contributed by atoms with E-state index in [0.29, 0.717) is 18.9 Å². The Balaban J connectivity index is 1.83. The van der Waals surface area contributed by atoms with Gasteiger partial charge in [-0.1, -0.05) is 32.0 Å². The molecule has 1 aromatic rings. The van der Waals surface area contributed by atoms with Crippen LogP contribution in [-0.4, -0.2) is 24.0 Å². The van der Waals surface area contributed by atoms with Crippen LogP contribution in [0, 0.1) is 18.3 Å². The number of rotatable bonds is 3. The van der Waals surface area contributed by atoms with E-state index in [1.54, 1.807) is 0 Å². The van der Waals surface area contributed by atoms with Crippen LogP contribution in [0.15, 0.2) is 18.2 Å². The molecule has 4 unspecified atom stereocenters. The molecule has 4 atom stereocenters. The molecule has 140 valence electrons. The molecule has 26 heavy (non-hydrogen) atoms. The maximum atomic E-state index is 13.4. The fourth-order valence-electron chi connectivity index (χ4n) is 5.86. The number of ether oxygens (including phenoxy) is 1. The summed E-state index contributed by atoms with van der Waals surface area (Å²) in [7, 11) is 0. The number of hydrogen-bond donors (Lipinski definition) is 1. The lowest BCUT2D eigenvalue weighted by Crippen LogP contribution is -2.54. The van der Waals surface area contributed by atoms with Crippen LogP contribution >= 0.6 is 0 Å². The third kappa shape index (κ3) is 2.49. The Morgan fingerprint density at radius 3 is 2.88 bits per heavy atom. The molecule has 1 amide bonds. The lowest BCUT2D eigenvalue weighted by molar-refractivity contribution is -0.189. The predicted octanol–water partition coefficient (Wildman–Crippen LogP) is 3.82. The van der Waals surface area contributed by atoms with Crippen molar-refractivity contribution in [3.63, 3.8) is 0 Å². The number of aryl methyl sites for hydroxylation is 1. The molecule has 2 bridgehead atoms. The molecule has 1 saturated carbocycles. The van der Waals surface area contributed by atoms with Crippen LogP contribution in [-0.2, 0) is 14.3 Å². The number of amides is 1. The zero-order chi connectivity index (χ0) is 18.7. The van der Waals surface area contributed by atoms with Crippen LogP contribution in [0.25, 0.3) is 0 Å². The van der Waals surface area contributed by atoms with Gasteiger partial charge in [0.2, 0.25) is 5.91 Å². The van der Waals surface area contributed by atoms with Gasteiger partial charge in [-0.2, -0.15) is 0 Å². The standard InChI is InChI=1S/C22H29NO3/c1-13(2)11-23-20(25)19-18-14(3)6-5-7-15(18)16-8-9-21(4)12-22(16,19)10-17(24)26-21/h5-7,13,16,19H,8-12H2,1-4H3,(H,23,25). The largest absolute Gasteiger partial charge is 0.459 e. The smallest absolute Gasteiger partial charge is 0.306 e. The quantitative estimate of drug-likeness (QED) is 0.839. The molecule has 1 aliphatic heterocycles. The van der Waals surface area contributed by atoms with Gasteiger partial charge in [-0.05, 0) is 61.6 Å². The fourth-order valence-corrected chi connectivity index (χ4v) is 5.86. The molecule has 1 heterocycles. The SMILES string of the molecule is Cc1cccc2c1C(C(=O)NCC(C)C)C13CC(=O)OC(C)(CCC21)C3. The van der Waals surface area contributed by atoms with Crippen molar-refractivity contribution in [1.29, 1.82) is 0 Å². The van der Waals surface area contributed by atoms with Gasteiger partial charge in [0.1, 0.15) is 5.60 Å². The minimum absolute atomic E-state index is 0.0794. The van der Waals surface area contributed by atoms with Crippen LogP contribution in [0.3, 0.4) is 0 Å². The van der Waals surface area contributed by atoms with Gasteiger partial charge < -0.3 is 10.1 Å². The molecule has 4 rings (SSSR count). The maximum Gasteiger partial charge on any atom is 0.306 e. The highest BCUT2D eigenvalue weighted by molar-refractivity contribution is 5.89. The Morgan fingerprint density at radius 2 is 2.15 bits per heavy atom. The van der Waals surface area contributed by atoms with Crippen molar-refractivity contribution >= 4 is 11.9 Å². The summed E-state index contributed by atoms with van der Waals surface area (Å²) >= 11 is 0. The molecule has 4 nitrogen and oxygen atoms in total. The average Bonchev–Trinajstić information content (AvgIpc) is 2.80. The second-order valence-electron chi connectivity index (χ2n) is 9.25. The highest BCUT2D eigenvalue weighted by Gasteiger charge is 2.64. The van der Waals surface area contributed by atoms with E-state index in [1.165, 1.54) is 5.56 Å². The Hall–Kier alpha value is -1.84. The summed E-state index contributed by atoms with van der Waals surface area (Å²) in [5.74, 6) is 0.354. The Kier molecular flexibility index (Phi) is 3.94. The highest BCUT2D eigenvalue weighted by atomic mass is 16.6. The van der Waals surface area contributed by atoms with E-state index >= 15 is 0 Å². The number of esters is 1. The first kappa shape index (κ1) is 17.6. The van der Waals surface area contributed by atoms with Crippen molar-refractivity contribution in [2.24, 2.45) is 11.3 Å². The third-order valence-electron chi connectivity index (χ3n) is 6.74. The fraction of sp³-hybridized carbons (Fsp3) is 0.636. The Morgan fingerprint density at radius 1 is 1.38 bits per heavy atom. The van der Waals surface area contributed by atoms with Crippen molar-refractivity contribution < 1.29 is 14.3 Å². The van der Waals surface area contributed by atoms with Crippen molar-refractivity contribution in [2.45, 2.75) is 70.8 Å². The first-order valence-corrected chi connectivity index (χ1v) is 9.85. The summed E-state index contributed by atoms with van der Waals surface area (Å²) in [6.45, 7) is 9.01. The van der Waals surface area contributed by atoms with E-state index in [2.05, 4.69) is 44.3 Å². The lowest BCUT2D eigenvalue weighted by Gasteiger charge is -2.53. The Bertz CT molecular complexity index is 771. The number of nitrogens with one attached hydrogen (secondary N) is 1. The van der Waals surface area contributed by atoms with Crippen LogP contribution in [0.5, 0.6) is 0 Å². The molecule has 1 saturated heterocycles. The molecule has 4 heteroatoms. The minimum atomic E-state index is -0.432. The van der Waals surface area contributed by atoms with Crippen molar-refractivity contribution in [3.05, 3.63) is 34.9 Å². The van der Waals surface area contributed by atoms with Crippen molar-refractivity contribution in [1.82, 2.24) is 5.32 Å². The van der Waals surface area contributed by atoms with Crippen LogP contribution in [0.4, 0.5) is 0 Å². The van der Waals surface area contributed by atoms with Crippen LogP contribution in [0.2, 0.25) is 0 Å². The summed E-state index contributed by atoms with van der Waals surface area (Å²) in [6, 6.07) is 6.36. The van der Waals surface area contributed by atoms with Gasteiger partial charge in [0.25, 0.3) is 0 Å². The maximum absolute atomic E-state index is 13.4. The summed E-state index contributed by atoms with van der Waals surface area (Å²) in [6.07, 6.45) is 2.98. The predicted molar refractivity (Wildman–Crippen MR) is 99.9 cm³/mol. The second kappa shape index (κ2) is 5.83. The lowest BCUT2D eigenvalue weighted by atomic mass is 9.56. The van der Waals surface area contributed by atoms with E-state index in [9.17, 15) is 9.59 Å². The second-order valence-corrected chi connectivity index (χ2v) is 9.25. The summed E-state index contributed by atoms with van der Waals surface area (Å²) in [5, 5.41) is 3.16. The van der Waals surface area contributed by atoms with Crippen LogP contribution in [0.1, 0.15) is 75.0 Å². The molecule has 2 fully saturated rings. The number of carbonyl (C=O) groups excluding carboxylic acids is 2. The number of carbonyl (C=O) groups is 2. The van der Waals surface area contributed by atoms with Gasteiger partial charge in [-0.3, -0.25) is 9.59 Å². The number of benzene rings is 1. The van der Waals surface area contributed by atoms with E-state index in [1.807, 2.05) is 6.92 Å². The van der Waals surface area contributed by atoms with E-state index in [0.717, 1.165) is 30.4 Å². The van der Waals surface area contributed by atoms with Gasteiger partial charge >= 0.3 is 5.97 Å². The van der Waals surface area contributed by atoms with Gasteiger partial charge in [0.05, 0.1) is 12.3 Å². The summed E-state index contributed by atoms with van der Waals surface area (Å²) < 4.78 is 5.73. The molecule has 1 aromatic carbocycles. The molecule has 3 aliphatic rings. The van der Waals surface area contributed by atoms with Gasteiger partial charge in [-0.25, -0.2) is 0 Å². The monoisotopic (exact) mass is 355 g/mol. The van der Waals surface area contributed by atoms with Gasteiger partial charge in [0.15, 0.2) is 0 Å².